The van der Waals surface area contributed by atoms with Gasteiger partial charge in [-0.25, -0.2) is 0 Å². The fourth-order valence-corrected chi connectivity index (χ4v) is 3.58. The highest BCUT2D eigenvalue weighted by atomic mass is 16.5. The molecule has 0 spiro atoms. The molecule has 0 atom stereocenters. The van der Waals surface area contributed by atoms with Gasteiger partial charge in [0, 0.05) is 25.2 Å². The van der Waals surface area contributed by atoms with E-state index in [0.29, 0.717) is 29.4 Å². The Morgan fingerprint density at radius 2 is 1.72 bits per heavy atom. The van der Waals surface area contributed by atoms with Crippen LogP contribution in [0.2, 0.25) is 0 Å². The van der Waals surface area contributed by atoms with E-state index in [2.05, 4.69) is 16.3 Å². The fraction of sp³-hybridized carbons (Fsp3) is 0.269. The van der Waals surface area contributed by atoms with Crippen molar-refractivity contribution in [2.24, 2.45) is 0 Å². The molecule has 32 heavy (non-hydrogen) atoms. The minimum Gasteiger partial charge on any atom is -0.494 e. The number of hydrogen-bond donors (Lipinski definition) is 1. The number of amides is 1. The molecule has 0 aliphatic carbocycles. The first-order valence-corrected chi connectivity index (χ1v) is 10.9. The minimum absolute atomic E-state index is 0.170. The summed E-state index contributed by atoms with van der Waals surface area (Å²) in [5.41, 5.74) is 2.34. The molecule has 1 fully saturated rings. The quantitative estimate of drug-likeness (QED) is 0.545. The number of morpholine rings is 1. The first-order chi connectivity index (χ1) is 15.7. The molecule has 3 aromatic carbocycles. The van der Waals surface area contributed by atoms with Crippen molar-refractivity contribution in [1.82, 2.24) is 4.90 Å². The molecule has 3 aromatic rings. The Kier molecular flexibility index (Phi) is 7.38. The van der Waals surface area contributed by atoms with E-state index >= 15 is 0 Å². The number of rotatable bonds is 8. The number of hydrogen-bond acceptors (Lipinski definition) is 5. The van der Waals surface area contributed by atoms with E-state index in [1.807, 2.05) is 73.7 Å². The predicted molar refractivity (Wildman–Crippen MR) is 125 cm³/mol. The van der Waals surface area contributed by atoms with E-state index in [1.54, 1.807) is 0 Å². The number of benzene rings is 3. The largest absolute Gasteiger partial charge is 0.494 e. The number of ether oxygens (including phenoxy) is 3. The lowest BCUT2D eigenvalue weighted by Gasteiger charge is -2.26. The maximum Gasteiger partial charge on any atom is 0.255 e. The molecule has 4 rings (SSSR count). The molecule has 6 heteroatoms. The molecule has 1 saturated heterocycles. The molecule has 1 aliphatic heterocycles. The first kappa shape index (κ1) is 21.9. The van der Waals surface area contributed by atoms with Crippen LogP contribution in [0.25, 0.3) is 0 Å². The molecular weight excluding hydrogens is 404 g/mol. The Hall–Kier alpha value is -3.35. The van der Waals surface area contributed by atoms with Crippen LogP contribution < -0.4 is 14.8 Å². The van der Waals surface area contributed by atoms with Gasteiger partial charge >= 0.3 is 0 Å². The highest BCUT2D eigenvalue weighted by molar-refractivity contribution is 6.05. The molecular formula is C26H28N2O4. The second-order valence-corrected chi connectivity index (χ2v) is 7.55. The van der Waals surface area contributed by atoms with Gasteiger partial charge in [0.2, 0.25) is 0 Å². The lowest BCUT2D eigenvalue weighted by atomic mass is 10.1. The zero-order chi connectivity index (χ0) is 22.2. The van der Waals surface area contributed by atoms with Gasteiger partial charge in [0.05, 0.1) is 25.5 Å². The summed E-state index contributed by atoms with van der Waals surface area (Å²) in [5, 5.41) is 2.99. The maximum atomic E-state index is 13.0. The fourth-order valence-electron chi connectivity index (χ4n) is 3.58. The Morgan fingerprint density at radius 3 is 2.50 bits per heavy atom. The normalized spacial score (nSPS) is 14.0. The summed E-state index contributed by atoms with van der Waals surface area (Å²) >= 11 is 0. The zero-order valence-corrected chi connectivity index (χ0v) is 18.3. The van der Waals surface area contributed by atoms with Crippen LogP contribution in [0.15, 0.2) is 72.8 Å². The average Bonchev–Trinajstić information content (AvgIpc) is 2.82. The van der Waals surface area contributed by atoms with E-state index in [1.165, 1.54) is 0 Å². The number of carbonyl (C=O) groups excluding carboxylic acids is 1. The average molecular weight is 433 g/mol. The Morgan fingerprint density at radius 1 is 0.969 bits per heavy atom. The van der Waals surface area contributed by atoms with Crippen LogP contribution in [0.1, 0.15) is 22.8 Å². The van der Waals surface area contributed by atoms with Crippen LogP contribution in [-0.4, -0.2) is 43.7 Å². The Bertz CT molecular complexity index is 1030. The first-order valence-electron chi connectivity index (χ1n) is 10.9. The van der Waals surface area contributed by atoms with Crippen LogP contribution in [0.4, 0.5) is 5.69 Å². The van der Waals surface area contributed by atoms with Crippen molar-refractivity contribution in [3.8, 4) is 17.2 Å². The summed E-state index contributed by atoms with van der Waals surface area (Å²) in [6.07, 6.45) is 0. The van der Waals surface area contributed by atoms with Crippen molar-refractivity contribution in [3.05, 3.63) is 83.9 Å². The molecule has 1 heterocycles. The summed E-state index contributed by atoms with van der Waals surface area (Å²) in [7, 11) is 0. The van der Waals surface area contributed by atoms with E-state index in [0.717, 1.165) is 44.2 Å². The smallest absolute Gasteiger partial charge is 0.255 e. The molecule has 0 unspecified atom stereocenters. The van der Waals surface area contributed by atoms with Crippen molar-refractivity contribution in [2.45, 2.75) is 13.5 Å². The molecule has 0 radical (unpaired) electrons. The zero-order valence-electron chi connectivity index (χ0n) is 18.3. The molecule has 0 aromatic heterocycles. The summed E-state index contributed by atoms with van der Waals surface area (Å²) in [5.74, 6) is 1.87. The summed E-state index contributed by atoms with van der Waals surface area (Å²) in [6, 6.07) is 22.6. The van der Waals surface area contributed by atoms with Crippen molar-refractivity contribution < 1.29 is 19.0 Å². The van der Waals surface area contributed by atoms with Crippen LogP contribution >= 0.6 is 0 Å². The van der Waals surface area contributed by atoms with Gasteiger partial charge in [-0.3, -0.25) is 9.69 Å². The van der Waals surface area contributed by atoms with Crippen LogP contribution in [0, 0.1) is 0 Å². The van der Waals surface area contributed by atoms with Crippen LogP contribution in [0.3, 0.4) is 0 Å². The number of carbonyl (C=O) groups is 1. The molecule has 1 aliphatic rings. The summed E-state index contributed by atoms with van der Waals surface area (Å²) in [6.45, 7) is 6.70. The second-order valence-electron chi connectivity index (χ2n) is 7.55. The highest BCUT2D eigenvalue weighted by Gasteiger charge is 2.14. The topological polar surface area (TPSA) is 60.0 Å². The van der Waals surface area contributed by atoms with Crippen LogP contribution in [-0.2, 0) is 11.3 Å². The lowest BCUT2D eigenvalue weighted by molar-refractivity contribution is 0.0342. The molecule has 1 amide bonds. The molecule has 0 bridgehead atoms. The second kappa shape index (κ2) is 10.8. The third-order valence-corrected chi connectivity index (χ3v) is 5.20. The number of nitrogens with one attached hydrogen (secondary N) is 1. The molecule has 166 valence electrons. The van der Waals surface area contributed by atoms with Gasteiger partial charge in [-0.2, -0.15) is 0 Å². The van der Waals surface area contributed by atoms with Gasteiger partial charge in [0.25, 0.3) is 5.91 Å². The van der Waals surface area contributed by atoms with Crippen molar-refractivity contribution in [1.29, 1.82) is 0 Å². The van der Waals surface area contributed by atoms with E-state index < -0.39 is 0 Å². The van der Waals surface area contributed by atoms with Gasteiger partial charge in [-0.05, 0) is 61.0 Å². The van der Waals surface area contributed by atoms with Crippen molar-refractivity contribution in [3.63, 3.8) is 0 Å². The number of para-hydroxylation sites is 2. The van der Waals surface area contributed by atoms with Gasteiger partial charge in [0.1, 0.15) is 11.5 Å². The van der Waals surface area contributed by atoms with Gasteiger partial charge in [-0.1, -0.05) is 24.3 Å². The standard InChI is InChI=1S/C26H28N2O4/c1-2-31-22-10-12-23(13-11-22)32-25-9-4-3-8-24(25)27-26(29)21-7-5-6-20(18-21)19-28-14-16-30-17-15-28/h3-13,18H,2,14-17,19H2,1H3,(H,27,29). The van der Waals surface area contributed by atoms with E-state index in [9.17, 15) is 4.79 Å². The molecule has 6 nitrogen and oxygen atoms in total. The monoisotopic (exact) mass is 432 g/mol. The summed E-state index contributed by atoms with van der Waals surface area (Å²) < 4.78 is 16.9. The third-order valence-electron chi connectivity index (χ3n) is 5.20. The predicted octanol–water partition coefficient (Wildman–Crippen LogP) is 4.96. The number of nitrogens with zero attached hydrogens (tertiary/aromatic N) is 1. The SMILES string of the molecule is CCOc1ccc(Oc2ccccc2NC(=O)c2cccc(CN3CCOCC3)c2)cc1. The highest BCUT2D eigenvalue weighted by Crippen LogP contribution is 2.30. The maximum absolute atomic E-state index is 13.0. The van der Waals surface area contributed by atoms with Gasteiger partial charge < -0.3 is 19.5 Å². The van der Waals surface area contributed by atoms with Gasteiger partial charge in [0.15, 0.2) is 5.75 Å². The van der Waals surface area contributed by atoms with E-state index in [4.69, 9.17) is 14.2 Å². The molecule has 0 saturated carbocycles. The van der Waals surface area contributed by atoms with Crippen molar-refractivity contribution >= 4 is 11.6 Å². The Labute approximate surface area is 188 Å². The molecule has 1 N–H and O–H groups in total. The summed E-state index contributed by atoms with van der Waals surface area (Å²) in [4.78, 5) is 15.3. The van der Waals surface area contributed by atoms with Gasteiger partial charge in [-0.15, -0.1) is 0 Å². The van der Waals surface area contributed by atoms with Crippen LogP contribution in [0.5, 0.6) is 17.2 Å². The Balaban J connectivity index is 1.44. The minimum atomic E-state index is -0.170. The van der Waals surface area contributed by atoms with E-state index in [-0.39, 0.29) is 5.91 Å². The lowest BCUT2D eigenvalue weighted by Crippen LogP contribution is -2.35. The third kappa shape index (κ3) is 5.87. The van der Waals surface area contributed by atoms with Crippen molar-refractivity contribution in [2.75, 3.05) is 38.2 Å². The number of anilines is 1.